The van der Waals surface area contributed by atoms with Gasteiger partial charge in [0.2, 0.25) is 0 Å². The molecule has 1 aromatic carbocycles. The summed E-state index contributed by atoms with van der Waals surface area (Å²) in [6.45, 7) is 0. The molecule has 13 heavy (non-hydrogen) atoms. The van der Waals surface area contributed by atoms with Gasteiger partial charge in [-0.25, -0.2) is 0 Å². The van der Waals surface area contributed by atoms with Gasteiger partial charge < -0.3 is 10.5 Å². The van der Waals surface area contributed by atoms with Crippen molar-refractivity contribution in [3.63, 3.8) is 0 Å². The van der Waals surface area contributed by atoms with Crippen molar-refractivity contribution in [1.29, 1.82) is 0 Å². The average molecular weight is 195 g/mol. The van der Waals surface area contributed by atoms with Crippen LogP contribution in [0.15, 0.2) is 18.2 Å². The first-order valence-corrected chi connectivity index (χ1v) is 4.03. The van der Waals surface area contributed by atoms with E-state index in [0.717, 1.165) is 6.29 Å². The molecule has 0 atom stereocenters. The molecule has 3 nitrogen and oxygen atoms in total. The molecule has 0 aliphatic carbocycles. The van der Waals surface area contributed by atoms with E-state index in [1.165, 1.54) is 7.11 Å². The van der Waals surface area contributed by atoms with Crippen LogP contribution in [-0.4, -0.2) is 18.4 Å². The van der Waals surface area contributed by atoms with E-state index in [2.05, 4.69) is 0 Å². The highest BCUT2D eigenvalue weighted by Gasteiger charge is 2.05. The summed E-state index contributed by atoms with van der Waals surface area (Å²) in [6.07, 6.45) is 0.742. The molecule has 0 saturated heterocycles. The summed E-state index contributed by atoms with van der Waals surface area (Å²) in [5.41, 5.74) is 6.63. The fraction of sp³-hybridized carbons (Fsp3) is 0.111. The molecular formula is C9H9NO2S. The van der Waals surface area contributed by atoms with Crippen LogP contribution < -0.4 is 10.5 Å². The number of hydrogen-bond donors (Lipinski definition) is 1. The summed E-state index contributed by atoms with van der Waals surface area (Å²) in [5, 5.41) is 0. The van der Waals surface area contributed by atoms with Gasteiger partial charge in [0.05, 0.1) is 12.7 Å². The van der Waals surface area contributed by atoms with Gasteiger partial charge in [0.25, 0.3) is 0 Å². The van der Waals surface area contributed by atoms with Gasteiger partial charge >= 0.3 is 0 Å². The Kier molecular flexibility index (Phi) is 2.97. The van der Waals surface area contributed by atoms with E-state index < -0.39 is 0 Å². The minimum Gasteiger partial charge on any atom is -0.496 e. The van der Waals surface area contributed by atoms with Crippen LogP contribution in [0.5, 0.6) is 5.75 Å². The molecule has 1 aromatic rings. The van der Waals surface area contributed by atoms with Crippen molar-refractivity contribution in [3.8, 4) is 5.75 Å². The highest BCUT2D eigenvalue weighted by atomic mass is 32.1. The van der Waals surface area contributed by atoms with Crippen molar-refractivity contribution in [2.75, 3.05) is 7.11 Å². The molecule has 0 heterocycles. The van der Waals surface area contributed by atoms with E-state index in [0.29, 0.717) is 16.9 Å². The number of nitrogens with two attached hydrogens (primary N) is 1. The molecule has 0 unspecified atom stereocenters. The van der Waals surface area contributed by atoms with Crippen LogP contribution in [-0.2, 0) is 0 Å². The normalized spacial score (nSPS) is 9.31. The summed E-state index contributed by atoms with van der Waals surface area (Å²) < 4.78 is 5.02. The molecule has 0 saturated carbocycles. The molecule has 68 valence electrons. The molecule has 0 spiro atoms. The first-order valence-electron chi connectivity index (χ1n) is 3.62. The number of ether oxygens (including phenoxy) is 1. The molecule has 0 radical (unpaired) electrons. The highest BCUT2D eigenvalue weighted by Crippen LogP contribution is 2.18. The maximum Gasteiger partial charge on any atom is 0.150 e. The number of aldehydes is 1. The van der Waals surface area contributed by atoms with Crippen LogP contribution in [0.2, 0.25) is 0 Å². The van der Waals surface area contributed by atoms with E-state index in [1.807, 2.05) is 0 Å². The minimum atomic E-state index is 0.259. The molecule has 0 amide bonds. The maximum atomic E-state index is 10.4. The summed E-state index contributed by atoms with van der Waals surface area (Å²) >= 11 is 4.80. The lowest BCUT2D eigenvalue weighted by molar-refractivity contribution is 0.112. The lowest BCUT2D eigenvalue weighted by atomic mass is 10.1. The molecule has 4 heteroatoms. The first kappa shape index (κ1) is 9.67. The van der Waals surface area contributed by atoms with Crippen molar-refractivity contribution >= 4 is 23.5 Å². The van der Waals surface area contributed by atoms with E-state index in [1.54, 1.807) is 18.2 Å². The summed E-state index contributed by atoms with van der Waals surface area (Å²) in [4.78, 5) is 10.7. The average Bonchev–Trinajstić information content (AvgIpc) is 2.16. The van der Waals surface area contributed by atoms with Crippen LogP contribution >= 0.6 is 12.2 Å². The Balaban J connectivity index is 3.23. The summed E-state index contributed by atoms with van der Waals surface area (Å²) in [5.74, 6) is 0.525. The number of rotatable bonds is 3. The minimum absolute atomic E-state index is 0.259. The van der Waals surface area contributed by atoms with Gasteiger partial charge in [-0.05, 0) is 12.1 Å². The fourth-order valence-electron chi connectivity index (χ4n) is 0.985. The Bertz CT molecular complexity index is 349. The summed E-state index contributed by atoms with van der Waals surface area (Å²) in [7, 11) is 1.51. The third-order valence-corrected chi connectivity index (χ3v) is 1.85. The van der Waals surface area contributed by atoms with Gasteiger partial charge in [0.15, 0.2) is 0 Å². The largest absolute Gasteiger partial charge is 0.496 e. The monoisotopic (exact) mass is 195 g/mol. The van der Waals surface area contributed by atoms with Crippen molar-refractivity contribution in [3.05, 3.63) is 29.3 Å². The number of thiocarbonyl (C=S) groups is 1. The van der Waals surface area contributed by atoms with E-state index in [9.17, 15) is 4.79 Å². The SMILES string of the molecule is COc1cc(C=O)ccc1C(N)=S. The second kappa shape index (κ2) is 4.00. The topological polar surface area (TPSA) is 52.3 Å². The quantitative estimate of drug-likeness (QED) is 0.580. The first-order chi connectivity index (χ1) is 6.19. The second-order valence-electron chi connectivity index (χ2n) is 2.44. The fourth-order valence-corrected chi connectivity index (χ4v) is 1.15. The molecule has 2 N–H and O–H groups in total. The van der Waals surface area contributed by atoms with Crippen molar-refractivity contribution in [2.24, 2.45) is 5.73 Å². The van der Waals surface area contributed by atoms with Crippen LogP contribution in [0.1, 0.15) is 15.9 Å². The van der Waals surface area contributed by atoms with Crippen molar-refractivity contribution in [2.45, 2.75) is 0 Å². The summed E-state index contributed by atoms with van der Waals surface area (Å²) in [6, 6.07) is 4.91. The van der Waals surface area contributed by atoms with Crippen molar-refractivity contribution < 1.29 is 9.53 Å². The van der Waals surface area contributed by atoms with Crippen LogP contribution in [0.4, 0.5) is 0 Å². The zero-order valence-corrected chi connectivity index (χ0v) is 7.93. The van der Waals surface area contributed by atoms with Gasteiger partial charge in [-0.1, -0.05) is 18.3 Å². The molecule has 0 aromatic heterocycles. The molecular weight excluding hydrogens is 186 g/mol. The molecule has 1 rings (SSSR count). The number of carbonyl (C=O) groups excluding carboxylic acids is 1. The zero-order chi connectivity index (χ0) is 9.84. The molecule has 0 fully saturated rings. The Hall–Kier alpha value is -1.42. The van der Waals surface area contributed by atoms with E-state index >= 15 is 0 Å². The second-order valence-corrected chi connectivity index (χ2v) is 2.88. The lowest BCUT2D eigenvalue weighted by Gasteiger charge is -2.06. The molecule has 0 aliphatic rings. The Labute approximate surface area is 81.5 Å². The third-order valence-electron chi connectivity index (χ3n) is 1.63. The number of methoxy groups -OCH3 is 1. The van der Waals surface area contributed by atoms with Crippen molar-refractivity contribution in [1.82, 2.24) is 0 Å². The third kappa shape index (κ3) is 2.03. The number of benzene rings is 1. The van der Waals surface area contributed by atoms with Gasteiger partial charge in [0.1, 0.15) is 17.0 Å². The Morgan fingerprint density at radius 3 is 2.77 bits per heavy atom. The number of carbonyl (C=O) groups is 1. The van der Waals surface area contributed by atoms with E-state index in [4.69, 9.17) is 22.7 Å². The predicted octanol–water partition coefficient (Wildman–Crippen LogP) is 1.14. The van der Waals surface area contributed by atoms with Gasteiger partial charge in [-0.15, -0.1) is 0 Å². The van der Waals surface area contributed by atoms with Crippen LogP contribution in [0.3, 0.4) is 0 Å². The maximum absolute atomic E-state index is 10.4. The lowest BCUT2D eigenvalue weighted by Crippen LogP contribution is -2.11. The van der Waals surface area contributed by atoms with Gasteiger partial charge in [-0.3, -0.25) is 4.79 Å². The smallest absolute Gasteiger partial charge is 0.150 e. The predicted molar refractivity (Wildman–Crippen MR) is 54.3 cm³/mol. The molecule has 0 aliphatic heterocycles. The highest BCUT2D eigenvalue weighted by molar-refractivity contribution is 7.80. The van der Waals surface area contributed by atoms with Crippen LogP contribution in [0, 0.1) is 0 Å². The molecule has 0 bridgehead atoms. The standard InChI is InChI=1S/C9H9NO2S/c1-12-8-4-6(5-11)2-3-7(8)9(10)13/h2-5H,1H3,(H2,10,13). The number of hydrogen-bond acceptors (Lipinski definition) is 3. The van der Waals surface area contributed by atoms with Gasteiger partial charge in [0, 0.05) is 5.56 Å². The van der Waals surface area contributed by atoms with Gasteiger partial charge in [-0.2, -0.15) is 0 Å². The zero-order valence-electron chi connectivity index (χ0n) is 7.11. The Morgan fingerprint density at radius 1 is 1.62 bits per heavy atom. The van der Waals surface area contributed by atoms with E-state index in [-0.39, 0.29) is 4.99 Å². The van der Waals surface area contributed by atoms with Crippen LogP contribution in [0.25, 0.3) is 0 Å². The Morgan fingerprint density at radius 2 is 2.31 bits per heavy atom.